The van der Waals surface area contributed by atoms with Gasteiger partial charge in [-0.3, -0.25) is 0 Å². The topological polar surface area (TPSA) is 9.23 Å². The highest BCUT2D eigenvalue weighted by Gasteiger charge is 2.13. The van der Waals surface area contributed by atoms with Crippen molar-refractivity contribution in [3.63, 3.8) is 0 Å². The first kappa shape index (κ1) is 14.7. The molecule has 102 valence electrons. The molecule has 2 rings (SSSR count). The summed E-state index contributed by atoms with van der Waals surface area (Å²) in [6, 6.07) is 11.9. The fourth-order valence-corrected chi connectivity index (χ4v) is 3.13. The SMILES string of the molecule is CC(C)C(CBr)COc1ccc(Cl)c2ccccc12. The van der Waals surface area contributed by atoms with E-state index in [0.29, 0.717) is 18.4 Å². The summed E-state index contributed by atoms with van der Waals surface area (Å²) in [6.07, 6.45) is 0. The van der Waals surface area contributed by atoms with Gasteiger partial charge in [-0.05, 0) is 18.1 Å². The third-order valence-electron chi connectivity index (χ3n) is 3.42. The number of rotatable bonds is 5. The van der Waals surface area contributed by atoms with Crippen LogP contribution in [0.1, 0.15) is 13.8 Å². The molecular formula is C16H18BrClO. The average molecular weight is 342 g/mol. The molecule has 0 fully saturated rings. The van der Waals surface area contributed by atoms with Crippen LogP contribution < -0.4 is 4.74 Å². The molecule has 19 heavy (non-hydrogen) atoms. The summed E-state index contributed by atoms with van der Waals surface area (Å²) in [6.45, 7) is 5.15. The largest absolute Gasteiger partial charge is 0.493 e. The number of benzene rings is 2. The van der Waals surface area contributed by atoms with Crippen molar-refractivity contribution in [2.45, 2.75) is 13.8 Å². The van der Waals surface area contributed by atoms with Gasteiger partial charge in [-0.2, -0.15) is 0 Å². The lowest BCUT2D eigenvalue weighted by atomic mass is 9.99. The van der Waals surface area contributed by atoms with Crippen molar-refractivity contribution in [3.05, 3.63) is 41.4 Å². The van der Waals surface area contributed by atoms with Crippen LogP contribution >= 0.6 is 27.5 Å². The summed E-state index contributed by atoms with van der Waals surface area (Å²) < 4.78 is 6.00. The summed E-state index contributed by atoms with van der Waals surface area (Å²) in [4.78, 5) is 0. The first-order valence-corrected chi connectivity index (χ1v) is 7.99. The Hall–Kier alpha value is -0.730. The fraction of sp³-hybridized carbons (Fsp3) is 0.375. The Bertz CT molecular complexity index is 553. The van der Waals surface area contributed by atoms with Crippen molar-refractivity contribution in [3.8, 4) is 5.75 Å². The predicted molar refractivity (Wildman–Crippen MR) is 86.6 cm³/mol. The zero-order valence-electron chi connectivity index (χ0n) is 11.2. The molecular weight excluding hydrogens is 324 g/mol. The van der Waals surface area contributed by atoms with E-state index in [1.54, 1.807) is 0 Å². The highest BCUT2D eigenvalue weighted by Crippen LogP contribution is 2.31. The Morgan fingerprint density at radius 1 is 1.11 bits per heavy atom. The Balaban J connectivity index is 2.24. The van der Waals surface area contributed by atoms with E-state index >= 15 is 0 Å². The van der Waals surface area contributed by atoms with E-state index in [-0.39, 0.29) is 0 Å². The van der Waals surface area contributed by atoms with Crippen molar-refractivity contribution in [1.82, 2.24) is 0 Å². The zero-order chi connectivity index (χ0) is 13.8. The Labute approximate surface area is 128 Å². The summed E-state index contributed by atoms with van der Waals surface area (Å²) >= 11 is 9.76. The van der Waals surface area contributed by atoms with E-state index in [2.05, 4.69) is 35.8 Å². The van der Waals surface area contributed by atoms with Crippen LogP contribution in [0.2, 0.25) is 5.02 Å². The molecule has 0 amide bonds. The second-order valence-electron chi connectivity index (χ2n) is 5.06. The van der Waals surface area contributed by atoms with E-state index in [0.717, 1.165) is 26.9 Å². The van der Waals surface area contributed by atoms with Gasteiger partial charge in [0.05, 0.1) is 6.61 Å². The van der Waals surface area contributed by atoms with Crippen LogP contribution in [0, 0.1) is 11.8 Å². The molecule has 1 nitrogen and oxygen atoms in total. The maximum absolute atomic E-state index is 6.21. The minimum Gasteiger partial charge on any atom is -0.493 e. The molecule has 0 saturated carbocycles. The summed E-state index contributed by atoms with van der Waals surface area (Å²) in [5, 5.41) is 3.84. The van der Waals surface area contributed by atoms with Gasteiger partial charge in [0.25, 0.3) is 0 Å². The lowest BCUT2D eigenvalue weighted by Gasteiger charge is -2.19. The van der Waals surface area contributed by atoms with Crippen LogP contribution in [0.15, 0.2) is 36.4 Å². The Morgan fingerprint density at radius 2 is 1.79 bits per heavy atom. The van der Waals surface area contributed by atoms with Crippen LogP contribution in [-0.2, 0) is 0 Å². The third kappa shape index (κ3) is 3.43. The molecule has 2 aromatic carbocycles. The van der Waals surface area contributed by atoms with Gasteiger partial charge in [0.1, 0.15) is 5.75 Å². The second-order valence-corrected chi connectivity index (χ2v) is 6.12. The summed E-state index contributed by atoms with van der Waals surface area (Å²) in [7, 11) is 0. The van der Waals surface area contributed by atoms with Gasteiger partial charge >= 0.3 is 0 Å². The molecule has 0 radical (unpaired) electrons. The van der Waals surface area contributed by atoms with E-state index < -0.39 is 0 Å². The molecule has 0 spiro atoms. The van der Waals surface area contributed by atoms with Gasteiger partial charge in [-0.25, -0.2) is 0 Å². The maximum atomic E-state index is 6.21. The molecule has 0 aromatic heterocycles. The van der Waals surface area contributed by atoms with Gasteiger partial charge in [0.2, 0.25) is 0 Å². The number of ether oxygens (including phenoxy) is 1. The first-order chi connectivity index (χ1) is 9.13. The van der Waals surface area contributed by atoms with Crippen molar-refractivity contribution in [2.75, 3.05) is 11.9 Å². The smallest absolute Gasteiger partial charge is 0.127 e. The van der Waals surface area contributed by atoms with Crippen LogP contribution in [0.5, 0.6) is 5.75 Å². The van der Waals surface area contributed by atoms with Crippen molar-refractivity contribution >= 4 is 38.3 Å². The molecule has 0 aliphatic heterocycles. The summed E-state index contributed by atoms with van der Waals surface area (Å²) in [5.41, 5.74) is 0. The van der Waals surface area contributed by atoms with E-state index in [1.807, 2.05) is 30.3 Å². The van der Waals surface area contributed by atoms with Crippen molar-refractivity contribution < 1.29 is 4.74 Å². The molecule has 0 aliphatic rings. The quantitative estimate of drug-likeness (QED) is 0.649. The predicted octanol–water partition coefficient (Wildman–Crippen LogP) is 5.54. The van der Waals surface area contributed by atoms with Gasteiger partial charge in [-0.15, -0.1) is 0 Å². The first-order valence-electron chi connectivity index (χ1n) is 6.49. The normalized spacial score (nSPS) is 12.9. The lowest BCUT2D eigenvalue weighted by molar-refractivity contribution is 0.230. The standard InChI is InChI=1S/C16H18BrClO/c1-11(2)12(9-17)10-19-16-8-7-15(18)13-5-3-4-6-14(13)16/h3-8,11-12H,9-10H2,1-2H3. The molecule has 2 aromatic rings. The number of alkyl halides is 1. The van der Waals surface area contributed by atoms with E-state index in [4.69, 9.17) is 16.3 Å². The number of hydrogen-bond acceptors (Lipinski definition) is 1. The van der Waals surface area contributed by atoms with Gasteiger partial charge in [-0.1, -0.05) is 65.6 Å². The summed E-state index contributed by atoms with van der Waals surface area (Å²) in [5.74, 6) is 2.01. The van der Waals surface area contributed by atoms with Crippen molar-refractivity contribution in [2.24, 2.45) is 11.8 Å². The average Bonchev–Trinajstić information content (AvgIpc) is 2.42. The van der Waals surface area contributed by atoms with E-state index in [1.165, 1.54) is 0 Å². The minimum absolute atomic E-state index is 0.509. The van der Waals surface area contributed by atoms with Crippen LogP contribution in [0.3, 0.4) is 0 Å². The number of halogens is 2. The molecule has 0 bridgehead atoms. The second kappa shape index (κ2) is 6.62. The number of hydrogen-bond donors (Lipinski definition) is 0. The third-order valence-corrected chi connectivity index (χ3v) is 4.59. The molecule has 0 saturated heterocycles. The maximum Gasteiger partial charge on any atom is 0.127 e. The Kier molecular flexibility index (Phi) is 5.12. The highest BCUT2D eigenvalue weighted by atomic mass is 79.9. The van der Waals surface area contributed by atoms with Crippen LogP contribution in [0.4, 0.5) is 0 Å². The molecule has 0 N–H and O–H groups in total. The molecule has 1 atom stereocenters. The fourth-order valence-electron chi connectivity index (χ4n) is 1.97. The van der Waals surface area contributed by atoms with Gasteiger partial charge in [0.15, 0.2) is 0 Å². The lowest BCUT2D eigenvalue weighted by Crippen LogP contribution is -2.19. The van der Waals surface area contributed by atoms with Crippen molar-refractivity contribution in [1.29, 1.82) is 0 Å². The van der Waals surface area contributed by atoms with Crippen LogP contribution in [-0.4, -0.2) is 11.9 Å². The minimum atomic E-state index is 0.509. The van der Waals surface area contributed by atoms with E-state index in [9.17, 15) is 0 Å². The number of fused-ring (bicyclic) bond motifs is 1. The Morgan fingerprint density at radius 3 is 2.42 bits per heavy atom. The monoisotopic (exact) mass is 340 g/mol. The van der Waals surface area contributed by atoms with Gasteiger partial charge in [0, 0.05) is 27.0 Å². The molecule has 0 heterocycles. The molecule has 3 heteroatoms. The zero-order valence-corrected chi connectivity index (χ0v) is 13.5. The van der Waals surface area contributed by atoms with Gasteiger partial charge < -0.3 is 4.74 Å². The van der Waals surface area contributed by atoms with Crippen LogP contribution in [0.25, 0.3) is 10.8 Å². The molecule has 0 aliphatic carbocycles. The molecule has 1 unspecified atom stereocenters. The highest BCUT2D eigenvalue weighted by molar-refractivity contribution is 9.09.